The second kappa shape index (κ2) is 4.99. The van der Waals surface area contributed by atoms with Crippen LogP contribution in [0.1, 0.15) is 13.3 Å². The Balaban J connectivity index is 2.40. The molecule has 0 aromatic heterocycles. The number of carbonyl (C=O) groups is 1. The first-order valence-electron chi connectivity index (χ1n) is 6.39. The number of para-hydroxylation sites is 1. The molecule has 7 nitrogen and oxygen atoms in total. The summed E-state index contributed by atoms with van der Waals surface area (Å²) < 4.78 is 0. The Morgan fingerprint density at radius 3 is 2.75 bits per heavy atom. The van der Waals surface area contributed by atoms with Crippen molar-refractivity contribution >= 4 is 23.0 Å². The number of nitro groups is 1. The van der Waals surface area contributed by atoms with Crippen LogP contribution in [0.5, 0.6) is 0 Å². The third-order valence-corrected chi connectivity index (χ3v) is 3.88. The van der Waals surface area contributed by atoms with Crippen LogP contribution in [0, 0.1) is 15.5 Å². The van der Waals surface area contributed by atoms with Crippen molar-refractivity contribution < 1.29 is 9.72 Å². The molecule has 0 aliphatic carbocycles. The molecule has 1 amide bonds. The minimum absolute atomic E-state index is 0.0312. The lowest BCUT2D eigenvalue weighted by molar-refractivity contribution is -0.383. The maximum absolute atomic E-state index is 11.5. The summed E-state index contributed by atoms with van der Waals surface area (Å²) in [6.07, 6.45) is 0.600. The van der Waals surface area contributed by atoms with Gasteiger partial charge in [0.25, 0.3) is 0 Å². The van der Waals surface area contributed by atoms with Crippen LogP contribution in [-0.2, 0) is 4.79 Å². The average Bonchev–Trinajstić information content (AvgIpc) is 2.81. The van der Waals surface area contributed by atoms with Crippen LogP contribution in [0.2, 0.25) is 0 Å². The zero-order valence-electron chi connectivity index (χ0n) is 11.5. The van der Waals surface area contributed by atoms with E-state index in [1.165, 1.54) is 0 Å². The second-order valence-electron chi connectivity index (χ2n) is 5.28. The fourth-order valence-electron chi connectivity index (χ4n) is 2.55. The maximum Gasteiger partial charge on any atom is 0.315 e. The van der Waals surface area contributed by atoms with Gasteiger partial charge < -0.3 is 16.0 Å². The highest BCUT2D eigenvalue weighted by Crippen LogP contribution is 2.40. The first-order valence-corrected chi connectivity index (χ1v) is 6.39. The Bertz CT molecular complexity index is 561. The number of hydrogen-bond acceptors (Lipinski definition) is 5. The van der Waals surface area contributed by atoms with E-state index in [0.29, 0.717) is 30.9 Å². The monoisotopic (exact) mass is 278 g/mol. The molecule has 2 rings (SSSR count). The number of nitrogens with one attached hydrogen (secondary N) is 1. The number of nitrogens with zero attached hydrogens (tertiary/aromatic N) is 2. The van der Waals surface area contributed by atoms with Crippen molar-refractivity contribution in [3.63, 3.8) is 0 Å². The highest BCUT2D eigenvalue weighted by molar-refractivity contribution is 5.83. The summed E-state index contributed by atoms with van der Waals surface area (Å²) in [7, 11) is 1.64. The van der Waals surface area contributed by atoms with Gasteiger partial charge in [-0.2, -0.15) is 0 Å². The molecule has 1 aromatic rings. The van der Waals surface area contributed by atoms with Crippen LogP contribution in [0.15, 0.2) is 18.2 Å². The van der Waals surface area contributed by atoms with Crippen molar-refractivity contribution in [1.82, 2.24) is 0 Å². The molecular formula is C13H18N4O3. The average molecular weight is 278 g/mol. The van der Waals surface area contributed by atoms with Gasteiger partial charge in [0.1, 0.15) is 11.4 Å². The Hall–Kier alpha value is -2.31. The van der Waals surface area contributed by atoms with Gasteiger partial charge in [-0.05, 0) is 25.5 Å². The fourth-order valence-corrected chi connectivity index (χ4v) is 2.55. The molecular weight excluding hydrogens is 260 g/mol. The Morgan fingerprint density at radius 1 is 1.55 bits per heavy atom. The lowest BCUT2D eigenvalue weighted by Gasteiger charge is -2.22. The number of rotatable bonds is 4. The Morgan fingerprint density at radius 2 is 2.25 bits per heavy atom. The van der Waals surface area contributed by atoms with Crippen LogP contribution in [-0.4, -0.2) is 31.0 Å². The van der Waals surface area contributed by atoms with Crippen molar-refractivity contribution in [2.75, 3.05) is 30.4 Å². The van der Waals surface area contributed by atoms with Crippen molar-refractivity contribution in [2.24, 2.45) is 11.1 Å². The van der Waals surface area contributed by atoms with Crippen LogP contribution in [0.25, 0.3) is 0 Å². The molecule has 1 fully saturated rings. The fraction of sp³-hybridized carbons (Fsp3) is 0.462. The minimum Gasteiger partial charge on any atom is -0.382 e. The van der Waals surface area contributed by atoms with Crippen LogP contribution in [0.3, 0.4) is 0 Å². The van der Waals surface area contributed by atoms with Gasteiger partial charge in [-0.3, -0.25) is 14.9 Å². The SMILES string of the molecule is CNc1cccc(N2CCC(C)(C(N)=O)C2)c1[N+](=O)[O-]. The number of carbonyl (C=O) groups excluding carboxylic acids is 1. The smallest absolute Gasteiger partial charge is 0.315 e. The third kappa shape index (κ3) is 2.26. The number of amides is 1. The van der Waals surface area contributed by atoms with E-state index in [1.807, 2.05) is 4.90 Å². The van der Waals surface area contributed by atoms with E-state index in [-0.39, 0.29) is 11.6 Å². The van der Waals surface area contributed by atoms with E-state index < -0.39 is 10.3 Å². The van der Waals surface area contributed by atoms with Gasteiger partial charge in [-0.25, -0.2) is 0 Å². The predicted molar refractivity (Wildman–Crippen MR) is 76.8 cm³/mol. The molecule has 1 aliphatic heterocycles. The van der Waals surface area contributed by atoms with E-state index in [4.69, 9.17) is 5.73 Å². The first kappa shape index (κ1) is 14.1. The summed E-state index contributed by atoms with van der Waals surface area (Å²) in [4.78, 5) is 24.2. The second-order valence-corrected chi connectivity index (χ2v) is 5.28. The lowest BCUT2D eigenvalue weighted by Crippen LogP contribution is -2.37. The van der Waals surface area contributed by atoms with Gasteiger partial charge in [-0.15, -0.1) is 0 Å². The van der Waals surface area contributed by atoms with Crippen LogP contribution >= 0.6 is 0 Å². The molecule has 1 saturated heterocycles. The van der Waals surface area contributed by atoms with E-state index in [1.54, 1.807) is 32.2 Å². The number of anilines is 2. The normalized spacial score (nSPS) is 21.8. The van der Waals surface area contributed by atoms with E-state index in [2.05, 4.69) is 5.32 Å². The molecule has 1 heterocycles. The molecule has 3 N–H and O–H groups in total. The number of nitro benzene ring substituents is 1. The van der Waals surface area contributed by atoms with Crippen molar-refractivity contribution in [3.8, 4) is 0 Å². The third-order valence-electron chi connectivity index (χ3n) is 3.88. The number of primary amides is 1. The van der Waals surface area contributed by atoms with Crippen LogP contribution in [0.4, 0.5) is 17.1 Å². The van der Waals surface area contributed by atoms with Gasteiger partial charge in [0.15, 0.2) is 0 Å². The number of nitrogens with two attached hydrogens (primary N) is 1. The molecule has 1 aromatic carbocycles. The Labute approximate surface area is 116 Å². The Kier molecular flexibility index (Phi) is 3.52. The van der Waals surface area contributed by atoms with Gasteiger partial charge >= 0.3 is 5.69 Å². The van der Waals surface area contributed by atoms with Gasteiger partial charge in [-0.1, -0.05) is 6.07 Å². The predicted octanol–water partition coefficient (Wildman–Crippen LogP) is 1.34. The molecule has 0 saturated carbocycles. The van der Waals surface area contributed by atoms with E-state index >= 15 is 0 Å². The molecule has 7 heteroatoms. The van der Waals surface area contributed by atoms with Crippen molar-refractivity contribution in [2.45, 2.75) is 13.3 Å². The summed E-state index contributed by atoms with van der Waals surface area (Å²) in [5, 5.41) is 14.1. The summed E-state index contributed by atoms with van der Waals surface area (Å²) in [5.74, 6) is -0.368. The van der Waals surface area contributed by atoms with Crippen molar-refractivity contribution in [3.05, 3.63) is 28.3 Å². The largest absolute Gasteiger partial charge is 0.382 e. The lowest BCUT2D eigenvalue weighted by atomic mass is 9.89. The summed E-state index contributed by atoms with van der Waals surface area (Å²) in [6.45, 7) is 2.77. The first-order chi connectivity index (χ1) is 9.39. The zero-order valence-corrected chi connectivity index (χ0v) is 11.5. The highest BCUT2D eigenvalue weighted by Gasteiger charge is 2.40. The maximum atomic E-state index is 11.5. The zero-order chi connectivity index (χ0) is 14.9. The summed E-state index contributed by atoms with van der Waals surface area (Å²) in [5.41, 5.74) is 5.79. The molecule has 1 aliphatic rings. The molecule has 1 atom stereocenters. The topological polar surface area (TPSA) is 102 Å². The van der Waals surface area contributed by atoms with Gasteiger partial charge in [0.2, 0.25) is 5.91 Å². The molecule has 0 spiro atoms. The molecule has 108 valence electrons. The van der Waals surface area contributed by atoms with E-state index in [0.717, 1.165) is 0 Å². The highest BCUT2D eigenvalue weighted by atomic mass is 16.6. The van der Waals surface area contributed by atoms with E-state index in [9.17, 15) is 14.9 Å². The summed E-state index contributed by atoms with van der Waals surface area (Å²) >= 11 is 0. The minimum atomic E-state index is -0.635. The van der Waals surface area contributed by atoms with Gasteiger partial charge in [0.05, 0.1) is 10.3 Å². The quantitative estimate of drug-likeness (QED) is 0.639. The molecule has 1 unspecified atom stereocenters. The number of benzene rings is 1. The summed E-state index contributed by atoms with van der Waals surface area (Å²) in [6, 6.07) is 5.12. The molecule has 0 bridgehead atoms. The molecule has 20 heavy (non-hydrogen) atoms. The number of hydrogen-bond donors (Lipinski definition) is 2. The van der Waals surface area contributed by atoms with Gasteiger partial charge in [0, 0.05) is 20.1 Å². The van der Waals surface area contributed by atoms with Crippen molar-refractivity contribution in [1.29, 1.82) is 0 Å². The van der Waals surface area contributed by atoms with Crippen LogP contribution < -0.4 is 16.0 Å². The molecule has 0 radical (unpaired) electrons. The standard InChI is InChI=1S/C13H18N4O3/c1-13(12(14)18)6-7-16(8-13)10-5-3-4-9(15-2)11(10)17(19)20/h3-5,15H,6-8H2,1-2H3,(H2,14,18).